The van der Waals surface area contributed by atoms with Gasteiger partial charge in [-0.1, -0.05) is 30.3 Å². The van der Waals surface area contributed by atoms with Crippen LogP contribution in [0.15, 0.2) is 78.9 Å². The minimum absolute atomic E-state index is 0.147. The SMILES string of the molecule is O=C(Nc1n[nH]c(-c2ccc(O)cc2)c1-c1ccc(O)cc1)c1ccccc1. The van der Waals surface area contributed by atoms with Crippen LogP contribution in [0.25, 0.3) is 22.4 Å². The third kappa shape index (κ3) is 3.43. The fourth-order valence-electron chi connectivity index (χ4n) is 2.95. The highest BCUT2D eigenvalue weighted by atomic mass is 16.3. The van der Waals surface area contributed by atoms with Gasteiger partial charge in [0.05, 0.1) is 11.3 Å². The van der Waals surface area contributed by atoms with Crippen LogP contribution in [0.3, 0.4) is 0 Å². The number of amides is 1. The molecule has 4 N–H and O–H groups in total. The molecule has 0 spiro atoms. The largest absolute Gasteiger partial charge is 0.508 e. The average Bonchev–Trinajstić information content (AvgIpc) is 3.13. The van der Waals surface area contributed by atoms with Gasteiger partial charge in [0.25, 0.3) is 5.91 Å². The molecule has 1 aromatic heterocycles. The van der Waals surface area contributed by atoms with Crippen molar-refractivity contribution in [1.82, 2.24) is 10.2 Å². The van der Waals surface area contributed by atoms with Crippen molar-refractivity contribution in [3.05, 3.63) is 84.4 Å². The van der Waals surface area contributed by atoms with E-state index in [1.165, 1.54) is 0 Å². The third-order valence-corrected chi connectivity index (χ3v) is 4.35. The number of benzene rings is 3. The number of phenols is 2. The normalized spacial score (nSPS) is 10.6. The van der Waals surface area contributed by atoms with E-state index in [1.54, 1.807) is 72.8 Å². The Morgan fingerprint density at radius 1 is 0.786 bits per heavy atom. The molecule has 0 aliphatic rings. The van der Waals surface area contributed by atoms with Crippen LogP contribution in [-0.2, 0) is 0 Å². The zero-order chi connectivity index (χ0) is 19.5. The zero-order valence-corrected chi connectivity index (χ0v) is 14.8. The first kappa shape index (κ1) is 17.4. The van der Waals surface area contributed by atoms with Crippen LogP contribution in [0.1, 0.15) is 10.4 Å². The number of hydrogen-bond donors (Lipinski definition) is 4. The number of aromatic amines is 1. The standard InChI is InChI=1S/C22H17N3O3/c26-17-10-6-14(7-11-17)19-20(15-8-12-18(27)13-9-15)24-25-21(19)23-22(28)16-4-2-1-3-5-16/h1-13,26-27H,(H2,23,24,25,28). The second-order valence-electron chi connectivity index (χ2n) is 6.24. The molecule has 0 saturated carbocycles. The van der Waals surface area contributed by atoms with Crippen LogP contribution in [0.4, 0.5) is 5.82 Å². The fraction of sp³-hybridized carbons (Fsp3) is 0. The maximum atomic E-state index is 12.6. The predicted molar refractivity (Wildman–Crippen MR) is 107 cm³/mol. The highest BCUT2D eigenvalue weighted by Gasteiger charge is 2.19. The van der Waals surface area contributed by atoms with Crippen molar-refractivity contribution < 1.29 is 15.0 Å². The van der Waals surface area contributed by atoms with Gasteiger partial charge in [0.2, 0.25) is 0 Å². The second kappa shape index (κ2) is 7.28. The molecule has 0 radical (unpaired) electrons. The molecule has 6 nitrogen and oxygen atoms in total. The lowest BCUT2D eigenvalue weighted by Crippen LogP contribution is -2.12. The molecular formula is C22H17N3O3. The average molecular weight is 371 g/mol. The Morgan fingerprint density at radius 3 is 1.96 bits per heavy atom. The van der Waals surface area contributed by atoms with Gasteiger partial charge in [-0.2, -0.15) is 5.10 Å². The second-order valence-corrected chi connectivity index (χ2v) is 6.24. The Balaban J connectivity index is 1.79. The summed E-state index contributed by atoms with van der Waals surface area (Å²) in [5, 5.41) is 29.3. The third-order valence-electron chi connectivity index (χ3n) is 4.35. The topological polar surface area (TPSA) is 98.2 Å². The molecule has 0 fully saturated rings. The summed E-state index contributed by atoms with van der Waals surface area (Å²) < 4.78 is 0. The summed E-state index contributed by atoms with van der Waals surface area (Å²) in [6.07, 6.45) is 0. The lowest BCUT2D eigenvalue weighted by atomic mass is 10.0. The van der Waals surface area contributed by atoms with Gasteiger partial charge in [-0.05, 0) is 54.1 Å². The number of anilines is 1. The van der Waals surface area contributed by atoms with Crippen LogP contribution >= 0.6 is 0 Å². The molecule has 0 unspecified atom stereocenters. The Kier molecular flexibility index (Phi) is 4.51. The van der Waals surface area contributed by atoms with Crippen molar-refractivity contribution in [2.75, 3.05) is 5.32 Å². The number of hydrogen-bond acceptors (Lipinski definition) is 4. The lowest BCUT2D eigenvalue weighted by Gasteiger charge is -2.08. The van der Waals surface area contributed by atoms with Gasteiger partial charge in [0, 0.05) is 11.1 Å². The number of aromatic hydroxyl groups is 2. The van der Waals surface area contributed by atoms with Gasteiger partial charge in [-0.3, -0.25) is 9.89 Å². The Morgan fingerprint density at radius 2 is 1.36 bits per heavy atom. The number of aromatic nitrogens is 2. The molecule has 4 aromatic rings. The smallest absolute Gasteiger partial charge is 0.256 e. The number of phenolic OH excluding ortho intramolecular Hbond substituents is 2. The van der Waals surface area contributed by atoms with Crippen molar-refractivity contribution in [3.8, 4) is 33.9 Å². The minimum atomic E-state index is -0.274. The van der Waals surface area contributed by atoms with E-state index in [1.807, 2.05) is 6.07 Å². The van der Waals surface area contributed by atoms with E-state index in [2.05, 4.69) is 15.5 Å². The van der Waals surface area contributed by atoms with E-state index in [9.17, 15) is 15.0 Å². The van der Waals surface area contributed by atoms with E-state index >= 15 is 0 Å². The highest BCUT2D eigenvalue weighted by Crippen LogP contribution is 2.37. The molecule has 0 saturated heterocycles. The Labute approximate surface area is 161 Å². The molecule has 4 rings (SSSR count). The van der Waals surface area contributed by atoms with Gasteiger partial charge in [0.15, 0.2) is 5.82 Å². The maximum absolute atomic E-state index is 12.6. The first-order valence-electron chi connectivity index (χ1n) is 8.65. The molecule has 138 valence electrons. The van der Waals surface area contributed by atoms with Gasteiger partial charge in [-0.15, -0.1) is 0 Å². The molecule has 0 bridgehead atoms. The van der Waals surface area contributed by atoms with E-state index < -0.39 is 0 Å². The van der Waals surface area contributed by atoms with E-state index in [0.29, 0.717) is 22.6 Å². The number of nitrogens with zero attached hydrogens (tertiary/aromatic N) is 1. The molecule has 0 atom stereocenters. The van der Waals surface area contributed by atoms with Crippen molar-refractivity contribution in [2.24, 2.45) is 0 Å². The fourth-order valence-corrected chi connectivity index (χ4v) is 2.95. The molecule has 3 aromatic carbocycles. The molecular weight excluding hydrogens is 354 g/mol. The quantitative estimate of drug-likeness (QED) is 0.427. The Bertz CT molecular complexity index is 1100. The first-order chi connectivity index (χ1) is 13.6. The zero-order valence-electron chi connectivity index (χ0n) is 14.8. The van der Waals surface area contributed by atoms with Crippen molar-refractivity contribution in [2.45, 2.75) is 0 Å². The predicted octanol–water partition coefficient (Wildman–Crippen LogP) is 4.41. The molecule has 0 aliphatic carbocycles. The van der Waals surface area contributed by atoms with Crippen LogP contribution in [0, 0.1) is 0 Å². The first-order valence-corrected chi connectivity index (χ1v) is 8.65. The van der Waals surface area contributed by atoms with Gasteiger partial charge >= 0.3 is 0 Å². The van der Waals surface area contributed by atoms with Gasteiger partial charge in [0.1, 0.15) is 11.5 Å². The Hall–Kier alpha value is -4.06. The number of nitrogens with one attached hydrogen (secondary N) is 2. The van der Waals surface area contributed by atoms with E-state index in [0.717, 1.165) is 11.1 Å². The summed E-state index contributed by atoms with van der Waals surface area (Å²) >= 11 is 0. The van der Waals surface area contributed by atoms with E-state index in [-0.39, 0.29) is 17.4 Å². The van der Waals surface area contributed by atoms with Crippen molar-refractivity contribution >= 4 is 11.7 Å². The summed E-state index contributed by atoms with van der Waals surface area (Å²) in [4.78, 5) is 12.6. The van der Waals surface area contributed by atoms with E-state index in [4.69, 9.17) is 0 Å². The lowest BCUT2D eigenvalue weighted by molar-refractivity contribution is 0.102. The monoisotopic (exact) mass is 371 g/mol. The summed E-state index contributed by atoms with van der Waals surface area (Å²) in [6, 6.07) is 22.2. The number of rotatable bonds is 4. The maximum Gasteiger partial charge on any atom is 0.256 e. The van der Waals surface area contributed by atoms with Gasteiger partial charge in [-0.25, -0.2) is 0 Å². The molecule has 6 heteroatoms. The van der Waals surface area contributed by atoms with Crippen LogP contribution in [0.5, 0.6) is 11.5 Å². The van der Waals surface area contributed by atoms with Crippen molar-refractivity contribution in [1.29, 1.82) is 0 Å². The summed E-state index contributed by atoms with van der Waals surface area (Å²) in [5.41, 5.74) is 3.48. The molecule has 0 aliphatic heterocycles. The van der Waals surface area contributed by atoms with Crippen LogP contribution < -0.4 is 5.32 Å². The summed E-state index contributed by atoms with van der Waals surface area (Å²) in [5.74, 6) is 0.410. The summed E-state index contributed by atoms with van der Waals surface area (Å²) in [6.45, 7) is 0. The highest BCUT2D eigenvalue weighted by molar-refractivity contribution is 6.06. The molecule has 28 heavy (non-hydrogen) atoms. The minimum Gasteiger partial charge on any atom is -0.508 e. The molecule has 1 amide bonds. The van der Waals surface area contributed by atoms with Crippen molar-refractivity contribution in [3.63, 3.8) is 0 Å². The van der Waals surface area contributed by atoms with Gasteiger partial charge < -0.3 is 15.5 Å². The summed E-state index contributed by atoms with van der Waals surface area (Å²) in [7, 11) is 0. The number of carbonyl (C=O) groups excluding carboxylic acids is 1. The van der Waals surface area contributed by atoms with Crippen LogP contribution in [-0.4, -0.2) is 26.3 Å². The molecule has 1 heterocycles. The van der Waals surface area contributed by atoms with Crippen LogP contribution in [0.2, 0.25) is 0 Å². The number of carbonyl (C=O) groups is 1. The number of H-pyrrole nitrogens is 1.